The van der Waals surface area contributed by atoms with E-state index in [1.54, 1.807) is 26.9 Å². The largest absolute Gasteiger partial charge is 0.394 e. The van der Waals surface area contributed by atoms with E-state index >= 15 is 9.59 Å². The number of ether oxygens (including phenoxy) is 2. The molecule has 3 amide bonds. The Hall–Kier alpha value is -3.83. The van der Waals surface area contributed by atoms with Gasteiger partial charge in [0.25, 0.3) is 0 Å². The van der Waals surface area contributed by atoms with E-state index in [1.807, 2.05) is 67.6 Å². The van der Waals surface area contributed by atoms with Crippen LogP contribution >= 0.6 is 0 Å². The van der Waals surface area contributed by atoms with Gasteiger partial charge >= 0.3 is 0 Å². The highest BCUT2D eigenvalue weighted by Crippen LogP contribution is 2.65. The fourth-order valence-electron chi connectivity index (χ4n) is 8.77. The van der Waals surface area contributed by atoms with Crippen molar-refractivity contribution in [2.24, 2.45) is 11.8 Å². The van der Waals surface area contributed by atoms with Crippen molar-refractivity contribution in [1.82, 2.24) is 19.6 Å². The molecule has 10 nitrogen and oxygen atoms in total. The van der Waals surface area contributed by atoms with Gasteiger partial charge in [-0.05, 0) is 30.4 Å². The second kappa shape index (κ2) is 15.0. The Bertz CT molecular complexity index is 1500. The third-order valence-corrected chi connectivity index (χ3v) is 11.1. The topological polar surface area (TPSA) is 103 Å². The molecule has 0 aromatic heterocycles. The van der Waals surface area contributed by atoms with Crippen LogP contribution in [-0.2, 0) is 30.4 Å². The van der Waals surface area contributed by atoms with Crippen LogP contribution in [0.5, 0.6) is 0 Å². The molecule has 6 rings (SSSR count). The molecule has 0 saturated carbocycles. The minimum Gasteiger partial charge on any atom is -0.394 e. The molecule has 4 saturated heterocycles. The molecular formula is C39H50N4O6. The van der Waals surface area contributed by atoms with Crippen molar-refractivity contribution < 1.29 is 29.0 Å². The van der Waals surface area contributed by atoms with Crippen LogP contribution in [0.2, 0.25) is 0 Å². The number of benzene rings is 2. The zero-order valence-corrected chi connectivity index (χ0v) is 28.6. The lowest BCUT2D eigenvalue weighted by Crippen LogP contribution is -2.58. The first-order valence-electron chi connectivity index (χ1n) is 17.7. The molecule has 1 N–H and O–H groups in total. The highest BCUT2D eigenvalue weighted by molar-refractivity contribution is 5.99. The van der Waals surface area contributed by atoms with E-state index in [2.05, 4.69) is 18.1 Å². The van der Waals surface area contributed by atoms with Crippen LogP contribution < -0.4 is 0 Å². The van der Waals surface area contributed by atoms with E-state index in [-0.39, 0.29) is 24.3 Å². The number of aliphatic hydroxyl groups excluding tert-OH is 1. The monoisotopic (exact) mass is 670 g/mol. The van der Waals surface area contributed by atoms with Gasteiger partial charge in [0.1, 0.15) is 11.6 Å². The number of carbonyl (C=O) groups excluding carboxylic acids is 3. The zero-order valence-electron chi connectivity index (χ0n) is 28.6. The number of nitrogens with zero attached hydrogens (tertiary/aromatic N) is 4. The average molecular weight is 671 g/mol. The number of hydrogen-bond donors (Lipinski definition) is 1. The van der Waals surface area contributed by atoms with Crippen molar-refractivity contribution in [1.29, 1.82) is 0 Å². The molecule has 0 radical (unpaired) electrons. The molecule has 2 unspecified atom stereocenters. The van der Waals surface area contributed by atoms with Gasteiger partial charge in [-0.15, -0.1) is 13.2 Å². The van der Waals surface area contributed by atoms with Gasteiger partial charge < -0.3 is 29.3 Å². The van der Waals surface area contributed by atoms with E-state index in [1.165, 1.54) is 0 Å². The third-order valence-electron chi connectivity index (χ3n) is 11.1. The summed E-state index contributed by atoms with van der Waals surface area (Å²) in [6.45, 7) is 14.4. The summed E-state index contributed by atoms with van der Waals surface area (Å²) >= 11 is 0. The Morgan fingerprint density at radius 1 is 0.980 bits per heavy atom. The van der Waals surface area contributed by atoms with Gasteiger partial charge in [0, 0.05) is 45.8 Å². The van der Waals surface area contributed by atoms with Crippen molar-refractivity contribution in [2.45, 2.75) is 56.0 Å². The molecule has 4 heterocycles. The fourth-order valence-corrected chi connectivity index (χ4v) is 8.77. The second-order valence-electron chi connectivity index (χ2n) is 13.7. The molecule has 4 aliphatic rings. The number of fused-ring (bicyclic) bond motifs is 1. The number of aliphatic hydroxyl groups is 1. The maximum absolute atomic E-state index is 15.1. The van der Waals surface area contributed by atoms with Crippen molar-refractivity contribution in [3.8, 4) is 0 Å². The summed E-state index contributed by atoms with van der Waals surface area (Å²) in [7, 11) is 0. The van der Waals surface area contributed by atoms with Crippen LogP contribution in [0.25, 0.3) is 0 Å². The predicted octanol–water partition coefficient (Wildman–Crippen LogP) is 3.44. The van der Waals surface area contributed by atoms with Gasteiger partial charge in [-0.2, -0.15) is 0 Å². The SMILES string of the molecule is C=CCN(CCN1CCOCC1)C(=O)C1N([C@H](CO)c2ccccc2)C(=O)[C@@H]2[C@H](C(=O)N(CC=C)Cc3ccccc3)[C@]3(CC)CCC12O3. The Balaban J connectivity index is 1.41. The maximum Gasteiger partial charge on any atom is 0.248 e. The Morgan fingerprint density at radius 3 is 2.27 bits per heavy atom. The van der Waals surface area contributed by atoms with Crippen LogP contribution in [0.4, 0.5) is 0 Å². The molecule has 0 aliphatic carbocycles. The number of rotatable bonds is 15. The second-order valence-corrected chi connectivity index (χ2v) is 13.7. The summed E-state index contributed by atoms with van der Waals surface area (Å²) in [6.07, 6.45) is 4.96. The Kier molecular flexibility index (Phi) is 10.7. The predicted molar refractivity (Wildman–Crippen MR) is 186 cm³/mol. The molecule has 4 fully saturated rings. The van der Waals surface area contributed by atoms with E-state index in [0.29, 0.717) is 65.2 Å². The lowest BCUT2D eigenvalue weighted by molar-refractivity contribution is -0.158. The van der Waals surface area contributed by atoms with Crippen LogP contribution in [-0.4, -0.2) is 119 Å². The normalized spacial score (nSPS) is 28.2. The molecule has 2 aromatic carbocycles. The molecule has 10 heteroatoms. The first kappa shape index (κ1) is 35.0. The number of hydrogen-bond acceptors (Lipinski definition) is 7. The minimum atomic E-state index is -1.22. The molecule has 4 aliphatic heterocycles. The molecule has 49 heavy (non-hydrogen) atoms. The molecule has 1 spiro atoms. The van der Waals surface area contributed by atoms with Gasteiger partial charge in [-0.3, -0.25) is 19.3 Å². The quantitative estimate of drug-likeness (QED) is 0.290. The third kappa shape index (κ3) is 6.36. The molecular weight excluding hydrogens is 620 g/mol. The zero-order chi connectivity index (χ0) is 34.6. The first-order valence-corrected chi connectivity index (χ1v) is 17.7. The summed E-state index contributed by atoms with van der Waals surface area (Å²) in [5, 5.41) is 10.9. The fraction of sp³-hybridized carbons (Fsp3) is 0.513. The van der Waals surface area contributed by atoms with Gasteiger partial charge in [-0.25, -0.2) is 0 Å². The van der Waals surface area contributed by atoms with E-state index < -0.39 is 35.1 Å². The summed E-state index contributed by atoms with van der Waals surface area (Å²) in [4.78, 5) is 52.3. The summed E-state index contributed by atoms with van der Waals surface area (Å²) in [5.74, 6) is -2.41. The van der Waals surface area contributed by atoms with Gasteiger partial charge in [-0.1, -0.05) is 79.7 Å². The van der Waals surface area contributed by atoms with Gasteiger partial charge in [0.15, 0.2) is 0 Å². The lowest BCUT2D eigenvalue weighted by atomic mass is 9.64. The minimum absolute atomic E-state index is 0.172. The highest BCUT2D eigenvalue weighted by atomic mass is 16.5. The number of morpholine rings is 1. The average Bonchev–Trinajstić information content (AvgIpc) is 3.74. The summed E-state index contributed by atoms with van der Waals surface area (Å²) < 4.78 is 12.6. The summed E-state index contributed by atoms with van der Waals surface area (Å²) in [6, 6.07) is 17.3. The van der Waals surface area contributed by atoms with Crippen molar-refractivity contribution in [3.63, 3.8) is 0 Å². The van der Waals surface area contributed by atoms with Crippen molar-refractivity contribution in [3.05, 3.63) is 97.1 Å². The van der Waals surface area contributed by atoms with Crippen molar-refractivity contribution >= 4 is 17.7 Å². The van der Waals surface area contributed by atoms with Gasteiger partial charge in [0.2, 0.25) is 17.7 Å². The van der Waals surface area contributed by atoms with Crippen molar-refractivity contribution in [2.75, 3.05) is 59.1 Å². The maximum atomic E-state index is 15.1. The van der Waals surface area contributed by atoms with E-state index in [0.717, 1.165) is 24.2 Å². The Morgan fingerprint density at radius 2 is 1.63 bits per heavy atom. The number of likely N-dealkylation sites (tertiary alicyclic amines) is 1. The van der Waals surface area contributed by atoms with Crippen LogP contribution in [0.1, 0.15) is 43.4 Å². The van der Waals surface area contributed by atoms with Crippen LogP contribution in [0, 0.1) is 11.8 Å². The molecule has 2 bridgehead atoms. The number of amides is 3. The van der Waals surface area contributed by atoms with E-state index in [4.69, 9.17) is 9.47 Å². The lowest BCUT2D eigenvalue weighted by Gasteiger charge is -2.40. The Labute approximate surface area is 289 Å². The molecule has 262 valence electrons. The molecule has 6 atom stereocenters. The standard InChI is InChI=1S/C39H50N4O6/c1-4-19-41(22-21-40-23-25-48-26-24-40)37(47)34-39-18-17-38(6-3,49-39)32(35(45)42(20-5-2)27-29-13-9-7-10-14-29)33(39)36(46)43(34)31(28-44)30-15-11-8-12-16-30/h4-5,7-16,31-34,44H,1-2,6,17-28H2,3H3/t31-,32-,33+,34?,38+,39?/m1/s1. The first-order chi connectivity index (χ1) is 23.8. The van der Waals surface area contributed by atoms with E-state index in [9.17, 15) is 9.90 Å². The van der Waals surface area contributed by atoms with Crippen LogP contribution in [0.3, 0.4) is 0 Å². The van der Waals surface area contributed by atoms with Gasteiger partial charge in [0.05, 0.1) is 43.3 Å². The molecule has 2 aromatic rings. The highest BCUT2D eigenvalue weighted by Gasteiger charge is 2.79. The smallest absolute Gasteiger partial charge is 0.248 e. The number of carbonyl (C=O) groups is 3. The van der Waals surface area contributed by atoms with Crippen LogP contribution in [0.15, 0.2) is 86.0 Å². The summed E-state index contributed by atoms with van der Waals surface area (Å²) in [5.41, 5.74) is -0.427.